The number of carbonyl (C=O) groups is 1. The highest BCUT2D eigenvalue weighted by atomic mass is 35.5. The summed E-state index contributed by atoms with van der Waals surface area (Å²) in [6.07, 6.45) is 7.22. The van der Waals surface area contributed by atoms with E-state index in [1.807, 2.05) is 25.1 Å². The molecule has 29 heavy (non-hydrogen) atoms. The number of anilines is 1. The molecule has 4 nitrogen and oxygen atoms in total. The number of nitrogens with zero attached hydrogens (tertiary/aromatic N) is 1. The molecule has 1 heterocycles. The molecular weight excluding hydrogens is 404 g/mol. The number of fused-ring (bicyclic) bond motifs is 1. The molecule has 0 saturated carbocycles. The Morgan fingerprint density at radius 3 is 2.83 bits per heavy atom. The normalized spacial score (nSPS) is 13.0. The van der Waals surface area contributed by atoms with Gasteiger partial charge in [0.25, 0.3) is 5.91 Å². The molecule has 0 atom stereocenters. The number of hydrogen-bond acceptors (Lipinski definition) is 4. The van der Waals surface area contributed by atoms with Gasteiger partial charge in [0.15, 0.2) is 11.7 Å². The zero-order chi connectivity index (χ0) is 20.2. The first-order valence-corrected chi connectivity index (χ1v) is 11.0. The molecule has 3 aromatic rings. The van der Waals surface area contributed by atoms with E-state index in [-0.39, 0.29) is 12.5 Å². The van der Waals surface area contributed by atoms with Crippen LogP contribution in [0.1, 0.15) is 40.0 Å². The second-order valence-corrected chi connectivity index (χ2v) is 8.89. The fraction of sp³-hybridized carbons (Fsp3) is 0.304. The zero-order valence-corrected chi connectivity index (χ0v) is 17.9. The summed E-state index contributed by atoms with van der Waals surface area (Å²) in [4.78, 5) is 17.6. The monoisotopic (exact) mass is 426 g/mol. The van der Waals surface area contributed by atoms with E-state index in [4.69, 9.17) is 16.3 Å². The van der Waals surface area contributed by atoms with Crippen LogP contribution >= 0.6 is 22.9 Å². The summed E-state index contributed by atoms with van der Waals surface area (Å²) in [6, 6.07) is 12.2. The molecule has 0 radical (unpaired) electrons. The van der Waals surface area contributed by atoms with Gasteiger partial charge in [0.2, 0.25) is 0 Å². The van der Waals surface area contributed by atoms with Gasteiger partial charge in [-0.1, -0.05) is 29.8 Å². The third-order valence-corrected chi connectivity index (χ3v) is 6.42. The molecule has 0 saturated heterocycles. The van der Waals surface area contributed by atoms with Gasteiger partial charge in [-0.2, -0.15) is 0 Å². The minimum atomic E-state index is -0.206. The highest BCUT2D eigenvalue weighted by Crippen LogP contribution is 2.26. The van der Waals surface area contributed by atoms with E-state index < -0.39 is 0 Å². The maximum absolute atomic E-state index is 12.2. The lowest BCUT2D eigenvalue weighted by Crippen LogP contribution is -2.20. The predicted octanol–water partition coefficient (Wildman–Crippen LogP) is 5.59. The summed E-state index contributed by atoms with van der Waals surface area (Å²) >= 11 is 7.66. The average Bonchev–Trinajstić information content (AvgIpc) is 3.15. The van der Waals surface area contributed by atoms with Crippen molar-refractivity contribution in [2.75, 3.05) is 11.9 Å². The van der Waals surface area contributed by atoms with Gasteiger partial charge in [-0.05, 0) is 73.1 Å². The van der Waals surface area contributed by atoms with Gasteiger partial charge < -0.3 is 4.74 Å². The molecule has 0 bridgehead atoms. The smallest absolute Gasteiger partial charge is 0.264 e. The van der Waals surface area contributed by atoms with Crippen LogP contribution in [-0.4, -0.2) is 17.5 Å². The van der Waals surface area contributed by atoms with Crippen LogP contribution in [0.25, 0.3) is 0 Å². The standard InChI is InChI=1S/C23H23ClN2O2S/c1-15-6-7-16(11-21(15)24)10-20-13-25-23(29-20)26-22(27)14-28-19-9-8-17-4-2-3-5-18(17)12-19/h6-9,11-13H,2-5,10,14H2,1H3,(H,25,26,27). The molecule has 1 aromatic heterocycles. The van der Waals surface area contributed by atoms with Gasteiger partial charge in [0, 0.05) is 22.5 Å². The van der Waals surface area contributed by atoms with Crippen molar-refractivity contribution in [3.8, 4) is 5.75 Å². The third kappa shape index (κ3) is 5.17. The molecule has 4 rings (SSSR count). The second kappa shape index (κ2) is 8.97. The molecule has 2 aromatic carbocycles. The Kier molecular flexibility index (Phi) is 6.16. The Labute approximate surface area is 179 Å². The van der Waals surface area contributed by atoms with E-state index in [0.29, 0.717) is 5.13 Å². The maximum atomic E-state index is 12.2. The van der Waals surface area contributed by atoms with Crippen molar-refractivity contribution >= 4 is 34.0 Å². The lowest BCUT2D eigenvalue weighted by molar-refractivity contribution is -0.118. The number of ether oxygens (including phenoxy) is 1. The summed E-state index contributed by atoms with van der Waals surface area (Å²) in [6.45, 7) is 1.96. The minimum absolute atomic E-state index is 0.0265. The fourth-order valence-electron chi connectivity index (χ4n) is 3.50. The summed E-state index contributed by atoms with van der Waals surface area (Å²) < 4.78 is 5.68. The van der Waals surface area contributed by atoms with Crippen molar-refractivity contribution in [1.82, 2.24) is 4.98 Å². The molecule has 1 aliphatic rings. The highest BCUT2D eigenvalue weighted by Gasteiger charge is 2.12. The van der Waals surface area contributed by atoms with E-state index >= 15 is 0 Å². The second-order valence-electron chi connectivity index (χ2n) is 7.37. The Bertz CT molecular complexity index is 1030. The van der Waals surface area contributed by atoms with Crippen LogP contribution in [0.15, 0.2) is 42.6 Å². The van der Waals surface area contributed by atoms with Crippen molar-refractivity contribution in [2.45, 2.75) is 39.0 Å². The lowest BCUT2D eigenvalue weighted by Gasteiger charge is -2.16. The van der Waals surface area contributed by atoms with Crippen LogP contribution < -0.4 is 10.1 Å². The quantitative estimate of drug-likeness (QED) is 0.558. The first kappa shape index (κ1) is 19.9. The highest BCUT2D eigenvalue weighted by molar-refractivity contribution is 7.15. The van der Waals surface area contributed by atoms with Gasteiger partial charge in [0.1, 0.15) is 5.75 Å². The molecule has 1 N–H and O–H groups in total. The van der Waals surface area contributed by atoms with Crippen molar-refractivity contribution in [1.29, 1.82) is 0 Å². The minimum Gasteiger partial charge on any atom is -0.484 e. The number of carbonyl (C=O) groups excluding carboxylic acids is 1. The first-order chi connectivity index (χ1) is 14.1. The summed E-state index contributed by atoms with van der Waals surface area (Å²) in [5.74, 6) is 0.541. The van der Waals surface area contributed by atoms with Gasteiger partial charge >= 0.3 is 0 Å². The zero-order valence-electron chi connectivity index (χ0n) is 16.3. The predicted molar refractivity (Wildman–Crippen MR) is 118 cm³/mol. The van der Waals surface area contributed by atoms with Crippen molar-refractivity contribution in [3.63, 3.8) is 0 Å². The van der Waals surface area contributed by atoms with Crippen LogP contribution in [-0.2, 0) is 24.1 Å². The lowest BCUT2D eigenvalue weighted by atomic mass is 9.92. The number of halogens is 1. The number of aromatic nitrogens is 1. The Morgan fingerprint density at radius 2 is 2.00 bits per heavy atom. The molecule has 0 aliphatic heterocycles. The molecule has 0 unspecified atom stereocenters. The SMILES string of the molecule is Cc1ccc(Cc2cnc(NC(=O)COc3ccc4c(c3)CCCC4)s2)cc1Cl. The Balaban J connectivity index is 1.30. The number of rotatable bonds is 6. The van der Waals surface area contributed by atoms with Crippen LogP contribution in [0, 0.1) is 6.92 Å². The van der Waals surface area contributed by atoms with Gasteiger partial charge in [-0.25, -0.2) is 4.98 Å². The van der Waals surface area contributed by atoms with Crippen molar-refractivity contribution in [2.24, 2.45) is 0 Å². The number of benzene rings is 2. The van der Waals surface area contributed by atoms with Crippen LogP contribution in [0.5, 0.6) is 5.75 Å². The molecule has 1 amide bonds. The van der Waals surface area contributed by atoms with Crippen LogP contribution in [0.4, 0.5) is 5.13 Å². The van der Waals surface area contributed by atoms with Crippen LogP contribution in [0.3, 0.4) is 0 Å². The summed E-state index contributed by atoms with van der Waals surface area (Å²) in [5.41, 5.74) is 4.93. The third-order valence-electron chi connectivity index (χ3n) is 5.10. The Morgan fingerprint density at radius 1 is 1.17 bits per heavy atom. The molecule has 150 valence electrons. The average molecular weight is 427 g/mol. The molecule has 0 spiro atoms. The molecule has 1 aliphatic carbocycles. The van der Waals surface area contributed by atoms with E-state index in [1.54, 1.807) is 6.20 Å². The number of amides is 1. The molecule has 0 fully saturated rings. The van der Waals surface area contributed by atoms with Gasteiger partial charge in [0.05, 0.1) is 0 Å². The number of aryl methyl sites for hydroxylation is 3. The van der Waals surface area contributed by atoms with Crippen molar-refractivity contribution in [3.05, 3.63) is 74.7 Å². The van der Waals surface area contributed by atoms with Crippen molar-refractivity contribution < 1.29 is 9.53 Å². The van der Waals surface area contributed by atoms with Gasteiger partial charge in [-0.3, -0.25) is 10.1 Å². The van der Waals surface area contributed by atoms with E-state index in [0.717, 1.165) is 46.0 Å². The number of nitrogens with one attached hydrogen (secondary N) is 1. The largest absolute Gasteiger partial charge is 0.484 e. The molecule has 6 heteroatoms. The Hall–Kier alpha value is -2.37. The number of thiazole rings is 1. The molecular formula is C23H23ClN2O2S. The van der Waals surface area contributed by atoms with Crippen LogP contribution in [0.2, 0.25) is 5.02 Å². The fourth-order valence-corrected chi connectivity index (χ4v) is 4.56. The maximum Gasteiger partial charge on any atom is 0.264 e. The summed E-state index contributed by atoms with van der Waals surface area (Å²) in [5, 5.41) is 4.16. The first-order valence-electron chi connectivity index (χ1n) is 9.81. The van der Waals surface area contributed by atoms with E-state index in [9.17, 15) is 4.79 Å². The topological polar surface area (TPSA) is 51.2 Å². The number of hydrogen-bond donors (Lipinski definition) is 1. The van der Waals surface area contributed by atoms with Gasteiger partial charge in [-0.15, -0.1) is 11.3 Å². The summed E-state index contributed by atoms with van der Waals surface area (Å²) in [7, 11) is 0. The van der Waals surface area contributed by atoms with E-state index in [2.05, 4.69) is 28.5 Å². The van der Waals surface area contributed by atoms with E-state index in [1.165, 1.54) is 35.3 Å².